The van der Waals surface area contributed by atoms with Crippen LogP contribution in [0.2, 0.25) is 0 Å². The summed E-state index contributed by atoms with van der Waals surface area (Å²) in [6.07, 6.45) is 10.5. The van der Waals surface area contributed by atoms with Gasteiger partial charge >= 0.3 is 0 Å². The highest BCUT2D eigenvalue weighted by Crippen LogP contribution is 2.47. The Morgan fingerprint density at radius 2 is 1.52 bits per heavy atom. The van der Waals surface area contributed by atoms with Gasteiger partial charge in [-0.3, -0.25) is 0 Å². The van der Waals surface area contributed by atoms with Gasteiger partial charge < -0.3 is 15.1 Å². The smallest absolute Gasteiger partial charge is 0.209 e. The SMILES string of the molecule is CC1(C)C(/C=C/C=C/C=C2/N(CCO)c3ccccc3C2(C)C)=[N+](CCO)c2ccccc21. The molecule has 4 rings (SSSR count). The van der Waals surface area contributed by atoms with Gasteiger partial charge in [0.25, 0.3) is 0 Å². The van der Waals surface area contributed by atoms with Crippen LogP contribution < -0.4 is 4.90 Å². The normalized spacial score (nSPS) is 19.8. The molecule has 0 saturated carbocycles. The number of anilines is 1. The Balaban J connectivity index is 1.62. The Labute approximate surface area is 197 Å². The molecular weight excluding hydrogens is 408 g/mol. The van der Waals surface area contributed by atoms with E-state index in [1.807, 2.05) is 0 Å². The van der Waals surface area contributed by atoms with E-state index in [1.165, 1.54) is 33.9 Å². The highest BCUT2D eigenvalue weighted by atomic mass is 16.3. The van der Waals surface area contributed by atoms with Crippen molar-refractivity contribution in [3.8, 4) is 0 Å². The molecule has 0 amide bonds. The lowest BCUT2D eigenvalue weighted by molar-refractivity contribution is -0.441. The molecule has 2 aliphatic heterocycles. The average molecular weight is 444 g/mol. The van der Waals surface area contributed by atoms with Crippen molar-refractivity contribution >= 4 is 17.1 Å². The molecule has 0 bridgehead atoms. The number of para-hydroxylation sites is 2. The second kappa shape index (κ2) is 9.12. The summed E-state index contributed by atoms with van der Waals surface area (Å²) in [6.45, 7) is 10.3. The van der Waals surface area contributed by atoms with Gasteiger partial charge in [-0.25, -0.2) is 0 Å². The molecule has 2 heterocycles. The minimum Gasteiger partial charge on any atom is -0.395 e. The van der Waals surface area contributed by atoms with Crippen LogP contribution in [0.15, 0.2) is 84.6 Å². The lowest BCUT2D eigenvalue weighted by Gasteiger charge is -2.26. The van der Waals surface area contributed by atoms with Gasteiger partial charge in [-0.05, 0) is 31.6 Å². The van der Waals surface area contributed by atoms with Crippen molar-refractivity contribution < 1.29 is 14.8 Å². The number of nitrogens with zero attached hydrogens (tertiary/aromatic N) is 2. The maximum Gasteiger partial charge on any atom is 0.209 e. The lowest BCUT2D eigenvalue weighted by atomic mass is 9.81. The van der Waals surface area contributed by atoms with Crippen molar-refractivity contribution in [1.82, 2.24) is 0 Å². The molecule has 0 radical (unpaired) electrons. The number of fused-ring (bicyclic) bond motifs is 2. The van der Waals surface area contributed by atoms with E-state index in [1.54, 1.807) is 0 Å². The molecule has 33 heavy (non-hydrogen) atoms. The van der Waals surface area contributed by atoms with Crippen LogP contribution in [0, 0.1) is 0 Å². The molecule has 0 fully saturated rings. The number of hydrogen-bond acceptors (Lipinski definition) is 3. The van der Waals surface area contributed by atoms with Gasteiger partial charge in [0.1, 0.15) is 6.61 Å². The molecule has 0 aliphatic carbocycles. The average Bonchev–Trinajstić information content (AvgIpc) is 3.14. The monoisotopic (exact) mass is 443 g/mol. The zero-order valence-electron chi connectivity index (χ0n) is 20.1. The van der Waals surface area contributed by atoms with Crippen LogP contribution in [0.5, 0.6) is 0 Å². The fourth-order valence-corrected chi connectivity index (χ4v) is 5.32. The Hall–Kier alpha value is -2.95. The van der Waals surface area contributed by atoms with E-state index in [2.05, 4.69) is 116 Å². The summed E-state index contributed by atoms with van der Waals surface area (Å²) in [5.41, 5.74) is 7.04. The molecule has 0 unspecified atom stereocenters. The largest absolute Gasteiger partial charge is 0.395 e. The highest BCUT2D eigenvalue weighted by Gasteiger charge is 2.43. The van der Waals surface area contributed by atoms with Crippen LogP contribution in [0.25, 0.3) is 0 Å². The van der Waals surface area contributed by atoms with Crippen LogP contribution in [0.3, 0.4) is 0 Å². The Morgan fingerprint density at radius 1 is 0.818 bits per heavy atom. The van der Waals surface area contributed by atoms with E-state index in [4.69, 9.17) is 0 Å². The highest BCUT2D eigenvalue weighted by molar-refractivity contribution is 6.03. The Kier molecular flexibility index (Phi) is 6.42. The second-order valence-electron chi connectivity index (χ2n) is 9.72. The molecule has 2 aromatic carbocycles. The van der Waals surface area contributed by atoms with Crippen molar-refractivity contribution in [3.05, 3.63) is 95.7 Å². The number of β-amino-alcohol motifs (C(OH)–C–C–N with tert-alkyl or cyclic N) is 2. The van der Waals surface area contributed by atoms with Crippen molar-refractivity contribution in [2.75, 3.05) is 31.2 Å². The van der Waals surface area contributed by atoms with Gasteiger partial charge in [-0.2, -0.15) is 4.58 Å². The van der Waals surface area contributed by atoms with E-state index in [9.17, 15) is 10.2 Å². The van der Waals surface area contributed by atoms with Crippen molar-refractivity contribution in [2.45, 2.75) is 38.5 Å². The van der Waals surface area contributed by atoms with Gasteiger partial charge in [-0.1, -0.05) is 68.5 Å². The van der Waals surface area contributed by atoms with E-state index >= 15 is 0 Å². The zero-order chi connectivity index (χ0) is 23.6. The molecule has 4 nitrogen and oxygen atoms in total. The van der Waals surface area contributed by atoms with Gasteiger partial charge in [0.05, 0.1) is 12.0 Å². The van der Waals surface area contributed by atoms with Crippen LogP contribution in [-0.2, 0) is 10.8 Å². The Bertz CT molecular complexity index is 1150. The summed E-state index contributed by atoms with van der Waals surface area (Å²) >= 11 is 0. The number of rotatable bonds is 7. The summed E-state index contributed by atoms with van der Waals surface area (Å²) in [7, 11) is 0. The minimum absolute atomic E-state index is 0.111. The van der Waals surface area contributed by atoms with Gasteiger partial charge in [0.2, 0.25) is 5.69 Å². The number of aliphatic hydroxyl groups is 2. The van der Waals surface area contributed by atoms with Crippen molar-refractivity contribution in [1.29, 1.82) is 0 Å². The predicted molar refractivity (Wildman–Crippen MR) is 137 cm³/mol. The molecule has 0 aromatic heterocycles. The third-order valence-electron chi connectivity index (χ3n) is 6.98. The molecule has 172 valence electrons. The molecular formula is C29H35N2O2+. The Morgan fingerprint density at radius 3 is 2.24 bits per heavy atom. The van der Waals surface area contributed by atoms with E-state index in [0.717, 1.165) is 0 Å². The van der Waals surface area contributed by atoms with Crippen molar-refractivity contribution in [2.24, 2.45) is 0 Å². The number of benzene rings is 2. The molecule has 2 aromatic rings. The second-order valence-corrected chi connectivity index (χ2v) is 9.72. The molecule has 4 heteroatoms. The van der Waals surface area contributed by atoms with E-state index in [-0.39, 0.29) is 24.0 Å². The number of allylic oxidation sites excluding steroid dienone is 6. The molecule has 0 atom stereocenters. The number of aliphatic hydroxyl groups excluding tert-OH is 2. The summed E-state index contributed by atoms with van der Waals surface area (Å²) in [6, 6.07) is 16.9. The van der Waals surface area contributed by atoms with Crippen LogP contribution in [0.1, 0.15) is 38.8 Å². The van der Waals surface area contributed by atoms with Crippen LogP contribution in [-0.4, -0.2) is 46.8 Å². The first-order valence-corrected chi connectivity index (χ1v) is 11.7. The van der Waals surface area contributed by atoms with Gasteiger partial charge in [-0.15, -0.1) is 0 Å². The summed E-state index contributed by atoms with van der Waals surface area (Å²) in [4.78, 5) is 2.22. The predicted octanol–water partition coefficient (Wildman–Crippen LogP) is 4.84. The van der Waals surface area contributed by atoms with Gasteiger partial charge in [0.15, 0.2) is 12.3 Å². The molecule has 0 spiro atoms. The first kappa shape index (κ1) is 23.2. The van der Waals surface area contributed by atoms with Gasteiger partial charge in [0, 0.05) is 41.1 Å². The van der Waals surface area contributed by atoms with Crippen LogP contribution >= 0.6 is 0 Å². The fraction of sp³-hybridized carbons (Fsp3) is 0.345. The van der Waals surface area contributed by atoms with E-state index in [0.29, 0.717) is 13.1 Å². The standard InChI is InChI=1S/C29H35N2O2/c1-28(2)22-12-8-10-14-24(22)30(18-20-32)26(28)16-6-5-7-17-27-29(3,4)23-13-9-11-15-25(23)31(27)19-21-33/h5-17,32-33H,18-21H2,1-4H3/q+1. The third kappa shape index (κ3) is 3.98. The minimum atomic E-state index is -0.123. The van der Waals surface area contributed by atoms with Crippen molar-refractivity contribution in [3.63, 3.8) is 0 Å². The topological polar surface area (TPSA) is 46.7 Å². The molecule has 2 N–H and O–H groups in total. The van der Waals surface area contributed by atoms with E-state index < -0.39 is 0 Å². The molecule has 2 aliphatic rings. The summed E-state index contributed by atoms with van der Waals surface area (Å²) in [5, 5.41) is 19.3. The summed E-state index contributed by atoms with van der Waals surface area (Å²) in [5.74, 6) is 0. The number of hydrogen-bond donors (Lipinski definition) is 2. The third-order valence-corrected chi connectivity index (χ3v) is 6.98. The van der Waals surface area contributed by atoms with Crippen LogP contribution in [0.4, 0.5) is 11.4 Å². The fourth-order valence-electron chi connectivity index (χ4n) is 5.32. The maximum atomic E-state index is 9.64. The maximum absolute atomic E-state index is 9.64. The first-order valence-electron chi connectivity index (χ1n) is 11.7. The lowest BCUT2D eigenvalue weighted by Crippen LogP contribution is -2.28. The zero-order valence-corrected chi connectivity index (χ0v) is 20.1. The molecule has 0 saturated heterocycles. The first-order chi connectivity index (χ1) is 15.8. The quantitative estimate of drug-likeness (QED) is 0.475. The summed E-state index contributed by atoms with van der Waals surface area (Å²) < 4.78 is 2.22.